The van der Waals surface area contributed by atoms with E-state index in [4.69, 9.17) is 0 Å². The zero-order valence-corrected chi connectivity index (χ0v) is 12.4. The van der Waals surface area contributed by atoms with Crippen molar-refractivity contribution in [2.45, 2.75) is 57.0 Å². The van der Waals surface area contributed by atoms with Crippen molar-refractivity contribution in [2.24, 2.45) is 0 Å². The molecule has 2 fully saturated rings. The van der Waals surface area contributed by atoms with Crippen LogP contribution in [0, 0.1) is 0 Å². The Bertz CT molecular complexity index is 358. The van der Waals surface area contributed by atoms with Crippen LogP contribution in [-0.4, -0.2) is 56.7 Å². The first kappa shape index (κ1) is 14.5. The molecule has 0 radical (unpaired) electrons. The molecule has 0 aromatic rings. The van der Waals surface area contributed by atoms with Gasteiger partial charge in [0, 0.05) is 18.3 Å². The van der Waals surface area contributed by atoms with Crippen LogP contribution < -0.4 is 0 Å². The van der Waals surface area contributed by atoms with Crippen molar-refractivity contribution in [3.8, 4) is 0 Å². The van der Waals surface area contributed by atoms with Gasteiger partial charge in [-0.1, -0.05) is 12.8 Å². The average Bonchev–Trinajstić information content (AvgIpc) is 2.99. The molecule has 0 aromatic carbocycles. The van der Waals surface area contributed by atoms with Crippen molar-refractivity contribution < 1.29 is 14.7 Å². The Morgan fingerprint density at radius 3 is 2.53 bits per heavy atom. The normalized spacial score (nSPS) is 27.8. The largest absolute Gasteiger partial charge is 0.480 e. The minimum Gasteiger partial charge on any atom is -0.480 e. The highest BCUT2D eigenvalue weighted by Gasteiger charge is 2.42. The summed E-state index contributed by atoms with van der Waals surface area (Å²) in [6.45, 7) is 4.54. The Labute approximate surface area is 118 Å². The van der Waals surface area contributed by atoms with Crippen molar-refractivity contribution in [1.29, 1.82) is 0 Å². The molecular formula is C13H22N2O3S. The Balaban J connectivity index is 2.13. The van der Waals surface area contributed by atoms with Gasteiger partial charge in [0.1, 0.15) is 6.04 Å². The minimum absolute atomic E-state index is 0.0518. The van der Waals surface area contributed by atoms with Crippen molar-refractivity contribution in [3.63, 3.8) is 0 Å². The van der Waals surface area contributed by atoms with Crippen LogP contribution in [0.4, 0.5) is 4.79 Å². The summed E-state index contributed by atoms with van der Waals surface area (Å²) in [4.78, 5) is 27.3. The molecule has 1 aliphatic carbocycles. The molecule has 1 saturated carbocycles. The summed E-state index contributed by atoms with van der Waals surface area (Å²) in [7, 11) is 0. The topological polar surface area (TPSA) is 60.9 Å². The summed E-state index contributed by atoms with van der Waals surface area (Å²) >= 11 is 1.54. The van der Waals surface area contributed by atoms with Gasteiger partial charge in [0.05, 0.1) is 5.37 Å². The summed E-state index contributed by atoms with van der Waals surface area (Å²) in [6, 6.07) is -0.480. The second kappa shape index (κ2) is 6.03. The van der Waals surface area contributed by atoms with Gasteiger partial charge in [-0.2, -0.15) is 0 Å². The van der Waals surface area contributed by atoms with E-state index in [0.717, 1.165) is 12.8 Å². The second-order valence-corrected chi connectivity index (χ2v) is 6.55. The standard InChI is InChI=1S/C13H22N2O3S/c1-3-14(10-6-4-5-7-10)13(18)15-9(2)19-8-11(15)12(16)17/h9-11H,3-8H2,1-2H3,(H,16,17). The van der Waals surface area contributed by atoms with Gasteiger partial charge in [-0.3, -0.25) is 4.90 Å². The van der Waals surface area contributed by atoms with Crippen molar-refractivity contribution >= 4 is 23.8 Å². The van der Waals surface area contributed by atoms with Gasteiger partial charge in [0.2, 0.25) is 0 Å². The lowest BCUT2D eigenvalue weighted by Crippen LogP contribution is -2.53. The lowest BCUT2D eigenvalue weighted by Gasteiger charge is -2.35. The van der Waals surface area contributed by atoms with Crippen molar-refractivity contribution in [3.05, 3.63) is 0 Å². The molecule has 2 rings (SSSR count). The number of urea groups is 1. The monoisotopic (exact) mass is 286 g/mol. The Morgan fingerprint density at radius 1 is 1.37 bits per heavy atom. The third kappa shape index (κ3) is 2.83. The van der Waals surface area contributed by atoms with E-state index in [1.54, 1.807) is 4.90 Å². The van der Waals surface area contributed by atoms with Crippen LogP contribution in [0.2, 0.25) is 0 Å². The number of carboxylic acids is 1. The van der Waals surface area contributed by atoms with Crippen molar-refractivity contribution in [2.75, 3.05) is 12.3 Å². The van der Waals surface area contributed by atoms with Gasteiger partial charge in [0.25, 0.3) is 0 Å². The molecule has 2 unspecified atom stereocenters. The molecule has 5 nitrogen and oxygen atoms in total. The molecule has 19 heavy (non-hydrogen) atoms. The van der Waals surface area contributed by atoms with E-state index in [1.165, 1.54) is 24.6 Å². The summed E-state index contributed by atoms with van der Waals surface area (Å²) in [5.74, 6) is -0.405. The molecule has 2 aliphatic rings. The van der Waals surface area contributed by atoms with Crippen LogP contribution in [0.25, 0.3) is 0 Å². The van der Waals surface area contributed by atoms with E-state index in [9.17, 15) is 14.7 Å². The third-order valence-corrected chi connectivity index (χ3v) is 5.30. The highest BCUT2D eigenvalue weighted by Crippen LogP contribution is 2.32. The number of carbonyl (C=O) groups excluding carboxylic acids is 1. The maximum atomic E-state index is 12.7. The highest BCUT2D eigenvalue weighted by molar-refractivity contribution is 8.00. The molecule has 0 aromatic heterocycles. The summed E-state index contributed by atoms with van der Waals surface area (Å²) in [6.07, 6.45) is 4.43. The minimum atomic E-state index is -0.896. The van der Waals surface area contributed by atoms with Gasteiger partial charge in [-0.25, -0.2) is 9.59 Å². The fourth-order valence-corrected chi connectivity index (χ4v) is 4.20. The second-order valence-electron chi connectivity index (χ2n) is 5.20. The number of thioether (sulfide) groups is 1. The maximum absolute atomic E-state index is 12.7. The molecule has 6 heteroatoms. The van der Waals surface area contributed by atoms with Gasteiger partial charge >= 0.3 is 12.0 Å². The van der Waals surface area contributed by atoms with E-state index >= 15 is 0 Å². The molecule has 2 atom stereocenters. The summed E-state index contributed by atoms with van der Waals surface area (Å²) < 4.78 is 0. The predicted octanol–water partition coefficient (Wildman–Crippen LogP) is 2.22. The Kier molecular flexibility index (Phi) is 4.60. The van der Waals surface area contributed by atoms with Crippen LogP contribution in [0.5, 0.6) is 0 Å². The fourth-order valence-electron chi connectivity index (χ4n) is 3.04. The van der Waals surface area contributed by atoms with Crippen LogP contribution in [0.1, 0.15) is 39.5 Å². The fraction of sp³-hybridized carbons (Fsp3) is 0.846. The molecule has 1 heterocycles. The number of aliphatic carboxylic acids is 1. The van der Waals surface area contributed by atoms with Crippen LogP contribution in [0.15, 0.2) is 0 Å². The number of hydrogen-bond acceptors (Lipinski definition) is 3. The molecule has 1 N–H and O–H groups in total. The first-order chi connectivity index (χ1) is 9.06. The molecule has 0 bridgehead atoms. The number of carboxylic acid groups (broad SMARTS) is 1. The average molecular weight is 286 g/mol. The van der Waals surface area contributed by atoms with Crippen LogP contribution in [0.3, 0.4) is 0 Å². The Hall–Kier alpha value is -0.910. The van der Waals surface area contributed by atoms with Gasteiger partial charge < -0.3 is 10.0 Å². The van der Waals surface area contributed by atoms with Crippen LogP contribution in [-0.2, 0) is 4.79 Å². The lowest BCUT2D eigenvalue weighted by atomic mass is 10.2. The zero-order valence-electron chi connectivity index (χ0n) is 11.5. The van der Waals surface area contributed by atoms with E-state index in [-0.39, 0.29) is 11.4 Å². The number of rotatable bonds is 3. The van der Waals surface area contributed by atoms with E-state index in [1.807, 2.05) is 18.7 Å². The molecule has 1 aliphatic heterocycles. The van der Waals surface area contributed by atoms with Gasteiger partial charge in [-0.05, 0) is 26.7 Å². The number of hydrogen-bond donors (Lipinski definition) is 1. The quantitative estimate of drug-likeness (QED) is 0.864. The molecule has 2 amide bonds. The van der Waals surface area contributed by atoms with Gasteiger partial charge in [-0.15, -0.1) is 11.8 Å². The zero-order chi connectivity index (χ0) is 14.0. The lowest BCUT2D eigenvalue weighted by molar-refractivity contribution is -0.141. The Morgan fingerprint density at radius 2 is 2.00 bits per heavy atom. The first-order valence-corrected chi connectivity index (χ1v) is 8.04. The van der Waals surface area contributed by atoms with Gasteiger partial charge in [0.15, 0.2) is 0 Å². The third-order valence-electron chi connectivity index (χ3n) is 4.08. The summed E-state index contributed by atoms with van der Waals surface area (Å²) in [5, 5.41) is 9.19. The predicted molar refractivity (Wildman–Crippen MR) is 75.2 cm³/mol. The van der Waals surface area contributed by atoms with E-state index in [2.05, 4.69) is 0 Å². The van der Waals surface area contributed by atoms with Crippen LogP contribution >= 0.6 is 11.8 Å². The summed E-state index contributed by atoms with van der Waals surface area (Å²) in [5.41, 5.74) is 0. The highest BCUT2D eigenvalue weighted by atomic mass is 32.2. The van der Waals surface area contributed by atoms with E-state index < -0.39 is 12.0 Å². The van der Waals surface area contributed by atoms with E-state index in [0.29, 0.717) is 18.3 Å². The first-order valence-electron chi connectivity index (χ1n) is 6.99. The molecular weight excluding hydrogens is 264 g/mol. The SMILES string of the molecule is CCN(C(=O)N1C(C)SCC1C(=O)O)C1CCCC1. The molecule has 108 valence electrons. The number of amides is 2. The van der Waals surface area contributed by atoms with Crippen molar-refractivity contribution in [1.82, 2.24) is 9.80 Å². The number of nitrogens with zero attached hydrogens (tertiary/aromatic N) is 2. The smallest absolute Gasteiger partial charge is 0.327 e. The maximum Gasteiger partial charge on any atom is 0.327 e. The molecule has 1 saturated heterocycles. The molecule has 0 spiro atoms. The number of carbonyl (C=O) groups is 2.